The molecule has 28 heavy (non-hydrogen) atoms. The summed E-state index contributed by atoms with van der Waals surface area (Å²) in [5.41, 5.74) is 4.59. The molecule has 0 bridgehead atoms. The number of amides is 1. The number of rotatable bonds is 5. The average molecular weight is 394 g/mol. The van der Waals surface area contributed by atoms with Crippen LogP contribution in [-0.2, 0) is 23.4 Å². The molecule has 1 atom stereocenters. The smallest absolute Gasteiger partial charge is 0.336 e. The van der Waals surface area contributed by atoms with Gasteiger partial charge in [0.25, 0.3) is 0 Å². The molecule has 1 aromatic heterocycles. The van der Waals surface area contributed by atoms with E-state index in [1.807, 2.05) is 35.2 Å². The molecule has 0 spiro atoms. The maximum Gasteiger partial charge on any atom is 0.336 e. The number of benzene rings is 2. The van der Waals surface area contributed by atoms with E-state index in [0.717, 1.165) is 35.0 Å². The van der Waals surface area contributed by atoms with E-state index < -0.39 is 0 Å². The molecule has 1 aliphatic heterocycles. The molecule has 0 unspecified atom stereocenters. The molecule has 2 heterocycles. The van der Waals surface area contributed by atoms with Crippen LogP contribution in [0.15, 0.2) is 57.7 Å². The fraction of sp³-hybridized carbons (Fsp3) is 0.304. The van der Waals surface area contributed by atoms with Crippen molar-refractivity contribution in [1.82, 2.24) is 0 Å². The maximum absolute atomic E-state index is 12.8. The second kappa shape index (κ2) is 7.84. The van der Waals surface area contributed by atoms with Gasteiger partial charge in [-0.2, -0.15) is 0 Å². The Morgan fingerprint density at radius 1 is 1.21 bits per heavy atom. The number of anilines is 1. The molecule has 3 aromatic rings. The molecular formula is C23H23NO3S. The molecule has 0 saturated carbocycles. The highest BCUT2D eigenvalue weighted by molar-refractivity contribution is 7.99. The molecule has 2 aromatic carbocycles. The van der Waals surface area contributed by atoms with Crippen molar-refractivity contribution in [3.63, 3.8) is 0 Å². The highest BCUT2D eigenvalue weighted by atomic mass is 32.2. The van der Waals surface area contributed by atoms with Gasteiger partial charge in [0.05, 0.1) is 5.75 Å². The van der Waals surface area contributed by atoms with Gasteiger partial charge in [0, 0.05) is 28.9 Å². The van der Waals surface area contributed by atoms with Crippen LogP contribution in [0.5, 0.6) is 0 Å². The third-order valence-corrected chi connectivity index (χ3v) is 6.23. The standard InChI is InChI=1S/C23H23NO3S/c1-3-16-8-9-19-18(12-23(26)27-21(19)11-16)13-28-14-22(25)24-15(2)10-17-6-4-5-7-20(17)24/h4-9,11-12,15H,3,10,13-14H2,1-2H3/t15-/m0/s1. The Kier molecular flexibility index (Phi) is 5.27. The minimum atomic E-state index is -0.343. The van der Waals surface area contributed by atoms with Crippen LogP contribution in [-0.4, -0.2) is 17.7 Å². The Morgan fingerprint density at radius 2 is 2.04 bits per heavy atom. The minimum Gasteiger partial charge on any atom is -0.423 e. The summed E-state index contributed by atoms with van der Waals surface area (Å²) in [7, 11) is 0. The van der Waals surface area contributed by atoms with Crippen LogP contribution in [0.4, 0.5) is 5.69 Å². The second-order valence-electron chi connectivity index (χ2n) is 7.21. The number of thioether (sulfide) groups is 1. The Labute approximate surface area is 168 Å². The van der Waals surface area contributed by atoms with E-state index in [4.69, 9.17) is 4.42 Å². The zero-order chi connectivity index (χ0) is 19.7. The van der Waals surface area contributed by atoms with Gasteiger partial charge in [0.2, 0.25) is 5.91 Å². The second-order valence-corrected chi connectivity index (χ2v) is 8.20. The normalized spacial score (nSPS) is 15.8. The van der Waals surface area contributed by atoms with E-state index in [2.05, 4.69) is 26.0 Å². The van der Waals surface area contributed by atoms with Crippen LogP contribution in [0, 0.1) is 0 Å². The fourth-order valence-electron chi connectivity index (χ4n) is 3.88. The first-order valence-corrected chi connectivity index (χ1v) is 10.8. The van der Waals surface area contributed by atoms with Crippen molar-refractivity contribution in [2.24, 2.45) is 0 Å². The fourth-order valence-corrected chi connectivity index (χ4v) is 4.75. The first-order chi connectivity index (χ1) is 13.6. The zero-order valence-electron chi connectivity index (χ0n) is 16.1. The summed E-state index contributed by atoms with van der Waals surface area (Å²) in [6.07, 6.45) is 1.79. The summed E-state index contributed by atoms with van der Waals surface area (Å²) in [4.78, 5) is 26.7. The van der Waals surface area contributed by atoms with E-state index in [9.17, 15) is 9.59 Å². The van der Waals surface area contributed by atoms with Crippen molar-refractivity contribution >= 4 is 34.3 Å². The van der Waals surface area contributed by atoms with Gasteiger partial charge in [0.1, 0.15) is 5.58 Å². The van der Waals surface area contributed by atoms with Crippen LogP contribution in [0.25, 0.3) is 11.0 Å². The number of para-hydroxylation sites is 1. The molecule has 0 fully saturated rings. The van der Waals surface area contributed by atoms with Crippen LogP contribution in [0.1, 0.15) is 30.5 Å². The van der Waals surface area contributed by atoms with E-state index >= 15 is 0 Å². The number of hydrogen-bond donors (Lipinski definition) is 0. The summed E-state index contributed by atoms with van der Waals surface area (Å²) in [5.74, 6) is 1.10. The summed E-state index contributed by atoms with van der Waals surface area (Å²) in [6.45, 7) is 4.16. The molecule has 144 valence electrons. The first kappa shape index (κ1) is 18.8. The van der Waals surface area contributed by atoms with Crippen molar-refractivity contribution in [3.05, 3.63) is 75.6 Å². The van der Waals surface area contributed by atoms with Crippen LogP contribution in [0.2, 0.25) is 0 Å². The molecule has 0 N–H and O–H groups in total. The van der Waals surface area contributed by atoms with Crippen LogP contribution in [0.3, 0.4) is 0 Å². The quantitative estimate of drug-likeness (QED) is 0.596. The molecule has 1 aliphatic rings. The molecule has 0 radical (unpaired) electrons. The largest absolute Gasteiger partial charge is 0.423 e. The van der Waals surface area contributed by atoms with E-state index in [1.54, 1.807) is 6.07 Å². The Morgan fingerprint density at radius 3 is 2.86 bits per heavy atom. The number of carbonyl (C=O) groups is 1. The Balaban J connectivity index is 1.48. The van der Waals surface area contributed by atoms with Crippen LogP contribution < -0.4 is 10.5 Å². The van der Waals surface area contributed by atoms with E-state index in [1.165, 1.54) is 17.3 Å². The molecule has 4 nitrogen and oxygen atoms in total. The predicted octanol–water partition coefficient (Wildman–Crippen LogP) is 4.57. The van der Waals surface area contributed by atoms with Gasteiger partial charge in [-0.1, -0.05) is 37.3 Å². The lowest BCUT2D eigenvalue weighted by Gasteiger charge is -2.22. The van der Waals surface area contributed by atoms with Crippen molar-refractivity contribution in [1.29, 1.82) is 0 Å². The third-order valence-electron chi connectivity index (χ3n) is 5.26. The summed E-state index contributed by atoms with van der Waals surface area (Å²) < 4.78 is 5.37. The predicted molar refractivity (Wildman–Crippen MR) is 115 cm³/mol. The van der Waals surface area contributed by atoms with Gasteiger partial charge >= 0.3 is 5.63 Å². The van der Waals surface area contributed by atoms with Crippen molar-refractivity contribution in [3.8, 4) is 0 Å². The van der Waals surface area contributed by atoms with Gasteiger partial charge in [-0.3, -0.25) is 4.79 Å². The topological polar surface area (TPSA) is 50.5 Å². The highest BCUT2D eigenvalue weighted by Crippen LogP contribution is 2.32. The average Bonchev–Trinajstić information content (AvgIpc) is 3.02. The Bertz CT molecular complexity index is 1090. The molecule has 5 heteroatoms. The zero-order valence-corrected chi connectivity index (χ0v) is 16.9. The van der Waals surface area contributed by atoms with E-state index in [0.29, 0.717) is 17.1 Å². The number of aryl methyl sites for hydroxylation is 1. The minimum absolute atomic E-state index is 0.114. The van der Waals surface area contributed by atoms with Gasteiger partial charge in [-0.25, -0.2) is 4.79 Å². The van der Waals surface area contributed by atoms with Gasteiger partial charge < -0.3 is 9.32 Å². The first-order valence-electron chi connectivity index (χ1n) is 9.60. The van der Waals surface area contributed by atoms with Crippen molar-refractivity contribution < 1.29 is 9.21 Å². The summed E-state index contributed by atoms with van der Waals surface area (Å²) >= 11 is 1.54. The number of hydrogen-bond acceptors (Lipinski definition) is 4. The van der Waals surface area contributed by atoms with Gasteiger partial charge in [-0.15, -0.1) is 11.8 Å². The monoisotopic (exact) mass is 393 g/mol. The lowest BCUT2D eigenvalue weighted by Crippen LogP contribution is -2.37. The van der Waals surface area contributed by atoms with Crippen molar-refractivity contribution in [2.75, 3.05) is 10.7 Å². The van der Waals surface area contributed by atoms with E-state index in [-0.39, 0.29) is 17.6 Å². The number of carbonyl (C=O) groups excluding carboxylic acids is 1. The number of fused-ring (bicyclic) bond motifs is 2. The molecule has 0 saturated heterocycles. The lowest BCUT2D eigenvalue weighted by atomic mass is 10.1. The Hall–Kier alpha value is -2.53. The van der Waals surface area contributed by atoms with Gasteiger partial charge in [-0.05, 0) is 48.6 Å². The SMILES string of the molecule is CCc1ccc2c(CSCC(=O)N3c4ccccc4C[C@@H]3C)cc(=O)oc2c1. The molecule has 0 aliphatic carbocycles. The lowest BCUT2D eigenvalue weighted by molar-refractivity contribution is -0.116. The van der Waals surface area contributed by atoms with Crippen LogP contribution >= 0.6 is 11.8 Å². The third kappa shape index (κ3) is 3.59. The highest BCUT2D eigenvalue weighted by Gasteiger charge is 2.30. The maximum atomic E-state index is 12.8. The molecular weight excluding hydrogens is 370 g/mol. The summed E-state index contributed by atoms with van der Waals surface area (Å²) in [6, 6.07) is 15.8. The van der Waals surface area contributed by atoms with Gasteiger partial charge in [0.15, 0.2) is 0 Å². The number of nitrogens with zero attached hydrogens (tertiary/aromatic N) is 1. The molecule has 1 amide bonds. The summed E-state index contributed by atoms with van der Waals surface area (Å²) in [5, 5.41) is 0.941. The molecule has 4 rings (SSSR count). The van der Waals surface area contributed by atoms with Crippen molar-refractivity contribution in [2.45, 2.75) is 38.5 Å².